The summed E-state index contributed by atoms with van der Waals surface area (Å²) in [6, 6.07) is 22.9. The molecule has 0 saturated carbocycles. The molecule has 0 unspecified atom stereocenters. The topological polar surface area (TPSA) is 63.6 Å². The van der Waals surface area contributed by atoms with E-state index >= 15 is 0 Å². The minimum atomic E-state index is 0.107. The number of rotatable bonds is 3. The van der Waals surface area contributed by atoms with Crippen LogP contribution in [0.4, 0.5) is 11.6 Å². The molecule has 1 aromatic carbocycles. The molecule has 2 heterocycles. The third-order valence-electron chi connectivity index (χ3n) is 2.98. The minimum Gasteiger partial charge on any atom is -0.324 e. The first kappa shape index (κ1) is 15.8. The van der Waals surface area contributed by atoms with Crippen LogP contribution < -0.4 is 5.32 Å². The van der Waals surface area contributed by atoms with Crippen molar-refractivity contribution in [2.45, 2.75) is 0 Å². The molecule has 0 saturated heterocycles. The molecule has 0 aliphatic carbocycles. The van der Waals surface area contributed by atoms with Crippen LogP contribution in [0.1, 0.15) is 0 Å². The average Bonchev–Trinajstić information content (AvgIpc) is 2.61. The van der Waals surface area contributed by atoms with E-state index in [1.807, 2.05) is 72.8 Å². The summed E-state index contributed by atoms with van der Waals surface area (Å²) in [4.78, 5) is 16.9. The maximum Gasteiger partial charge on any atom is 0.232 e. The van der Waals surface area contributed by atoms with Crippen LogP contribution in [0.5, 0.6) is 0 Å². The van der Waals surface area contributed by atoms with Crippen molar-refractivity contribution >= 4 is 23.2 Å². The molecule has 2 aromatic heterocycles. The van der Waals surface area contributed by atoms with E-state index in [4.69, 9.17) is 11.6 Å². The number of hydrogen-bond donors (Lipinski definition) is 1. The van der Waals surface area contributed by atoms with Gasteiger partial charge in [-0.25, -0.2) is 0 Å². The number of halogens is 1. The summed E-state index contributed by atoms with van der Waals surface area (Å²) >= 11 is 6.02. The molecule has 6 heteroatoms. The van der Waals surface area contributed by atoms with Gasteiger partial charge in [0, 0.05) is 11.9 Å². The van der Waals surface area contributed by atoms with Crippen LogP contribution in [0.25, 0.3) is 11.5 Å². The summed E-state index contributed by atoms with van der Waals surface area (Å²) in [6.07, 6.45) is 1.68. The van der Waals surface area contributed by atoms with Crippen LogP contribution in [-0.4, -0.2) is 19.9 Å². The van der Waals surface area contributed by atoms with E-state index in [-0.39, 0.29) is 5.28 Å². The van der Waals surface area contributed by atoms with Crippen molar-refractivity contribution in [2.75, 3.05) is 5.32 Å². The molecule has 5 nitrogen and oxygen atoms in total. The van der Waals surface area contributed by atoms with E-state index in [2.05, 4.69) is 25.3 Å². The Hall–Kier alpha value is -3.05. The minimum absolute atomic E-state index is 0.107. The second-order valence-corrected chi connectivity index (χ2v) is 5.07. The molecule has 118 valence electrons. The Balaban J connectivity index is 1.95. The fourth-order valence-electron chi connectivity index (χ4n) is 1.92. The molecule has 3 aromatic rings. The smallest absolute Gasteiger partial charge is 0.232 e. The Bertz CT molecular complexity index is 845. The number of nitrogens with zero attached hydrogens (tertiary/aromatic N) is 4. The monoisotopic (exact) mass is 335 g/mol. The van der Waals surface area contributed by atoms with Crippen molar-refractivity contribution in [2.24, 2.45) is 0 Å². The quantitative estimate of drug-likeness (QED) is 0.765. The summed E-state index contributed by atoms with van der Waals surface area (Å²) in [7, 11) is 0. The zero-order valence-electron chi connectivity index (χ0n) is 12.7. The van der Waals surface area contributed by atoms with Crippen molar-refractivity contribution in [1.82, 2.24) is 19.9 Å². The third-order valence-corrected chi connectivity index (χ3v) is 3.15. The molecule has 0 radical (unpaired) electrons. The SMILES string of the molecule is Clc1nc(Nc2ccccccccc2)nc(-c2ccccn2)n1. The summed E-state index contributed by atoms with van der Waals surface area (Å²) in [5, 5.41) is 3.25. The van der Waals surface area contributed by atoms with Gasteiger partial charge in [0.05, 0.1) is 0 Å². The highest BCUT2D eigenvalue weighted by Gasteiger charge is 2.08. The molecule has 0 spiro atoms. The molecule has 0 aliphatic heterocycles. The molecular weight excluding hydrogens is 322 g/mol. The molecule has 0 atom stereocenters. The Morgan fingerprint density at radius 2 is 1.38 bits per heavy atom. The molecule has 3 rings (SSSR count). The molecule has 0 amide bonds. The number of pyridine rings is 1. The van der Waals surface area contributed by atoms with Gasteiger partial charge >= 0.3 is 0 Å². The fraction of sp³-hybridized carbons (Fsp3) is 0. The van der Waals surface area contributed by atoms with Gasteiger partial charge in [0.25, 0.3) is 0 Å². The predicted molar refractivity (Wildman–Crippen MR) is 95.4 cm³/mol. The molecular formula is C18H14ClN5. The largest absolute Gasteiger partial charge is 0.324 e. The van der Waals surface area contributed by atoms with Gasteiger partial charge in [-0.1, -0.05) is 48.5 Å². The van der Waals surface area contributed by atoms with Crippen molar-refractivity contribution < 1.29 is 0 Å². The van der Waals surface area contributed by atoms with Crippen LogP contribution in [0, 0.1) is 0 Å². The highest BCUT2D eigenvalue weighted by Crippen LogP contribution is 2.17. The van der Waals surface area contributed by atoms with Crippen LogP contribution in [-0.2, 0) is 0 Å². The lowest BCUT2D eigenvalue weighted by atomic mass is 10.3. The van der Waals surface area contributed by atoms with Crippen molar-refractivity contribution in [3.05, 3.63) is 84.3 Å². The zero-order chi connectivity index (χ0) is 16.6. The van der Waals surface area contributed by atoms with Gasteiger partial charge < -0.3 is 5.32 Å². The first-order chi connectivity index (χ1) is 11.8. The van der Waals surface area contributed by atoms with Gasteiger partial charge in [0.15, 0.2) is 5.82 Å². The van der Waals surface area contributed by atoms with Crippen LogP contribution in [0.15, 0.2) is 79.0 Å². The van der Waals surface area contributed by atoms with Gasteiger partial charge in [-0.15, -0.1) is 0 Å². The van der Waals surface area contributed by atoms with Gasteiger partial charge in [-0.3, -0.25) is 4.98 Å². The van der Waals surface area contributed by atoms with E-state index in [0.717, 1.165) is 5.69 Å². The van der Waals surface area contributed by atoms with Gasteiger partial charge in [0.1, 0.15) is 5.69 Å². The summed E-state index contributed by atoms with van der Waals surface area (Å²) in [6.45, 7) is 0. The second-order valence-electron chi connectivity index (χ2n) is 4.73. The fourth-order valence-corrected chi connectivity index (χ4v) is 2.08. The van der Waals surface area contributed by atoms with E-state index < -0.39 is 0 Å². The highest BCUT2D eigenvalue weighted by molar-refractivity contribution is 6.28. The summed E-state index contributed by atoms with van der Waals surface area (Å²) < 4.78 is 0. The normalized spacial score (nSPS) is 9.88. The first-order valence-electron chi connectivity index (χ1n) is 7.30. The Labute approximate surface area is 144 Å². The zero-order valence-corrected chi connectivity index (χ0v) is 13.4. The lowest BCUT2D eigenvalue weighted by Gasteiger charge is -2.05. The van der Waals surface area contributed by atoms with Gasteiger partial charge in [-0.05, 0) is 35.9 Å². The van der Waals surface area contributed by atoms with E-state index in [9.17, 15) is 0 Å². The summed E-state index contributed by atoms with van der Waals surface area (Å²) in [5.74, 6) is 0.775. The van der Waals surface area contributed by atoms with Crippen LogP contribution in [0.2, 0.25) is 5.28 Å². The number of nitrogens with one attached hydrogen (secondary N) is 1. The maximum atomic E-state index is 6.02. The van der Waals surface area contributed by atoms with Crippen molar-refractivity contribution in [1.29, 1.82) is 0 Å². The molecule has 0 bridgehead atoms. The van der Waals surface area contributed by atoms with Gasteiger partial charge in [-0.2, -0.15) is 15.0 Å². The standard InChI is InChI=1S/C18H14ClN5/c19-17-22-16(15-12-8-9-13-20-15)23-18(24-17)21-14-10-6-4-2-1-3-5-7-11-14/h1-13H,(H,21,22,23,24). The maximum absolute atomic E-state index is 6.02. The molecule has 1 N–H and O–H groups in total. The van der Waals surface area contributed by atoms with Crippen molar-refractivity contribution in [3.8, 4) is 11.5 Å². The van der Waals surface area contributed by atoms with E-state index in [1.165, 1.54) is 0 Å². The number of aromatic nitrogens is 4. The molecule has 0 aliphatic rings. The number of hydrogen-bond acceptors (Lipinski definition) is 5. The Morgan fingerprint density at radius 1 is 0.708 bits per heavy atom. The second kappa shape index (κ2) is 7.99. The van der Waals surface area contributed by atoms with Gasteiger partial charge in [0.2, 0.25) is 11.2 Å². The Kier molecular flexibility index (Phi) is 5.27. The van der Waals surface area contributed by atoms with Crippen molar-refractivity contribution in [3.63, 3.8) is 0 Å². The predicted octanol–water partition coefficient (Wildman–Crippen LogP) is 4.46. The lowest BCUT2D eigenvalue weighted by Crippen LogP contribution is -2.01. The highest BCUT2D eigenvalue weighted by atomic mass is 35.5. The first-order valence-corrected chi connectivity index (χ1v) is 7.67. The summed E-state index contributed by atoms with van der Waals surface area (Å²) in [5.41, 5.74) is 1.45. The Morgan fingerprint density at radius 3 is 2.04 bits per heavy atom. The molecule has 0 fully saturated rings. The average molecular weight is 336 g/mol. The number of anilines is 2. The molecule has 24 heavy (non-hydrogen) atoms. The van der Waals surface area contributed by atoms with Crippen LogP contribution in [0.3, 0.4) is 0 Å². The van der Waals surface area contributed by atoms with E-state index in [0.29, 0.717) is 17.5 Å². The lowest BCUT2D eigenvalue weighted by molar-refractivity contribution is 1.05. The van der Waals surface area contributed by atoms with E-state index in [1.54, 1.807) is 6.20 Å². The third kappa shape index (κ3) is 4.47. The van der Waals surface area contributed by atoms with Crippen LogP contribution >= 0.6 is 11.6 Å².